The lowest BCUT2D eigenvalue weighted by Gasteiger charge is -2.14. The highest BCUT2D eigenvalue weighted by Gasteiger charge is 2.19. The number of sulfone groups is 1. The van der Waals surface area contributed by atoms with Crippen molar-refractivity contribution in [2.75, 3.05) is 11.1 Å². The summed E-state index contributed by atoms with van der Waals surface area (Å²) in [5.74, 6) is -0.374. The third-order valence-electron chi connectivity index (χ3n) is 2.80. The van der Waals surface area contributed by atoms with E-state index >= 15 is 0 Å². The fraction of sp³-hybridized carbons (Fsp3) is 0.462. The number of amides is 1. The van der Waals surface area contributed by atoms with Crippen LogP contribution >= 0.6 is 0 Å². The maximum absolute atomic E-state index is 11.9. The molecule has 1 amide bonds. The summed E-state index contributed by atoms with van der Waals surface area (Å²) in [6, 6.07) is 5.74. The number of hydrogen-bond donors (Lipinski definition) is 2. The van der Waals surface area contributed by atoms with Crippen LogP contribution in [0.4, 0.5) is 5.69 Å². The van der Waals surface area contributed by atoms with Crippen LogP contribution in [0.2, 0.25) is 0 Å². The lowest BCUT2D eigenvalue weighted by Crippen LogP contribution is -2.35. The number of nitrogens with one attached hydrogen (secondary N) is 1. The first-order valence-electron chi connectivity index (χ1n) is 6.30. The first-order chi connectivity index (χ1) is 8.92. The van der Waals surface area contributed by atoms with E-state index in [9.17, 15) is 13.2 Å². The van der Waals surface area contributed by atoms with Crippen LogP contribution in [0.15, 0.2) is 29.2 Å². The van der Waals surface area contributed by atoms with Gasteiger partial charge >= 0.3 is 0 Å². The van der Waals surface area contributed by atoms with Gasteiger partial charge in [-0.1, -0.05) is 32.4 Å². The molecule has 106 valence electrons. The predicted octanol–water partition coefficient (Wildman–Crippen LogP) is 1.55. The van der Waals surface area contributed by atoms with E-state index in [4.69, 9.17) is 5.73 Å². The van der Waals surface area contributed by atoms with E-state index in [0.717, 1.165) is 6.42 Å². The van der Waals surface area contributed by atoms with Gasteiger partial charge < -0.3 is 11.1 Å². The zero-order chi connectivity index (χ0) is 14.5. The molecule has 0 spiro atoms. The molecule has 0 unspecified atom stereocenters. The van der Waals surface area contributed by atoms with E-state index in [1.165, 1.54) is 6.07 Å². The Hall–Kier alpha value is -1.40. The second kappa shape index (κ2) is 6.68. The van der Waals surface area contributed by atoms with Gasteiger partial charge in [0.1, 0.15) is 0 Å². The molecule has 0 radical (unpaired) electrons. The SMILES string of the molecule is CCC[C@H](N)C(=O)Nc1ccccc1S(=O)(=O)CC. The Balaban J connectivity index is 3.00. The monoisotopic (exact) mass is 284 g/mol. The molecule has 19 heavy (non-hydrogen) atoms. The highest BCUT2D eigenvalue weighted by atomic mass is 32.2. The van der Waals surface area contributed by atoms with Gasteiger partial charge in [0.05, 0.1) is 22.4 Å². The Morgan fingerprint density at radius 3 is 2.53 bits per heavy atom. The van der Waals surface area contributed by atoms with Crippen molar-refractivity contribution in [3.8, 4) is 0 Å². The van der Waals surface area contributed by atoms with E-state index in [1.54, 1.807) is 25.1 Å². The third-order valence-corrected chi connectivity index (χ3v) is 4.58. The molecule has 0 bridgehead atoms. The molecule has 0 aliphatic carbocycles. The molecule has 5 nitrogen and oxygen atoms in total. The Morgan fingerprint density at radius 2 is 1.95 bits per heavy atom. The minimum Gasteiger partial charge on any atom is -0.324 e. The average Bonchev–Trinajstić information content (AvgIpc) is 2.39. The molecule has 0 saturated heterocycles. The number of nitrogens with two attached hydrogens (primary N) is 1. The van der Waals surface area contributed by atoms with E-state index in [1.807, 2.05) is 6.92 Å². The molecule has 0 heterocycles. The third kappa shape index (κ3) is 4.04. The van der Waals surface area contributed by atoms with Crippen molar-refractivity contribution in [2.24, 2.45) is 5.73 Å². The summed E-state index contributed by atoms with van der Waals surface area (Å²) in [7, 11) is -3.37. The van der Waals surface area contributed by atoms with E-state index in [2.05, 4.69) is 5.32 Å². The van der Waals surface area contributed by atoms with Crippen LogP contribution in [0, 0.1) is 0 Å². The number of anilines is 1. The molecule has 0 aromatic heterocycles. The number of para-hydroxylation sites is 1. The largest absolute Gasteiger partial charge is 0.324 e. The Bertz CT molecular complexity index is 541. The lowest BCUT2D eigenvalue weighted by molar-refractivity contribution is -0.117. The van der Waals surface area contributed by atoms with Crippen LogP contribution in [0.5, 0.6) is 0 Å². The second-order valence-corrected chi connectivity index (χ2v) is 6.53. The van der Waals surface area contributed by atoms with Crippen molar-refractivity contribution in [3.05, 3.63) is 24.3 Å². The van der Waals surface area contributed by atoms with Gasteiger partial charge in [-0.15, -0.1) is 0 Å². The second-order valence-electron chi connectivity index (χ2n) is 4.28. The van der Waals surface area contributed by atoms with E-state index < -0.39 is 15.9 Å². The maximum Gasteiger partial charge on any atom is 0.241 e. The van der Waals surface area contributed by atoms with Crippen molar-refractivity contribution in [2.45, 2.75) is 37.6 Å². The Kier molecular flexibility index (Phi) is 5.50. The highest BCUT2D eigenvalue weighted by Crippen LogP contribution is 2.22. The molecule has 0 fully saturated rings. The van der Waals surface area contributed by atoms with Gasteiger partial charge in [-0.25, -0.2) is 8.42 Å². The molecule has 1 aromatic carbocycles. The molecule has 1 atom stereocenters. The standard InChI is InChI=1S/C13H20N2O3S/c1-3-7-10(14)13(16)15-11-8-5-6-9-12(11)19(17,18)4-2/h5-6,8-10H,3-4,7,14H2,1-2H3,(H,15,16)/t10-/m0/s1. The van der Waals surface area contributed by atoms with Crippen LogP contribution in [-0.4, -0.2) is 26.1 Å². The predicted molar refractivity (Wildman–Crippen MR) is 75.7 cm³/mol. The summed E-state index contributed by atoms with van der Waals surface area (Å²) < 4.78 is 23.8. The minimum absolute atomic E-state index is 0.0130. The summed E-state index contributed by atoms with van der Waals surface area (Å²) in [6.45, 7) is 3.50. The zero-order valence-corrected chi connectivity index (χ0v) is 12.0. The summed E-state index contributed by atoms with van der Waals surface area (Å²) >= 11 is 0. The van der Waals surface area contributed by atoms with E-state index in [0.29, 0.717) is 12.1 Å². The summed E-state index contributed by atoms with van der Waals surface area (Å²) in [5, 5.41) is 2.59. The topological polar surface area (TPSA) is 89.3 Å². The minimum atomic E-state index is -3.37. The number of hydrogen-bond acceptors (Lipinski definition) is 4. The van der Waals surface area contributed by atoms with Crippen molar-refractivity contribution in [3.63, 3.8) is 0 Å². The molecule has 0 aliphatic heterocycles. The molecular formula is C13H20N2O3S. The van der Waals surface area contributed by atoms with Gasteiger partial charge in [-0.2, -0.15) is 0 Å². The fourth-order valence-electron chi connectivity index (χ4n) is 1.66. The van der Waals surface area contributed by atoms with Gasteiger partial charge in [0.15, 0.2) is 9.84 Å². The Morgan fingerprint density at radius 1 is 1.32 bits per heavy atom. The number of benzene rings is 1. The first-order valence-corrected chi connectivity index (χ1v) is 7.95. The normalized spacial score (nSPS) is 13.0. The van der Waals surface area contributed by atoms with Crippen LogP contribution in [0.25, 0.3) is 0 Å². The Labute approximate surface area is 114 Å². The van der Waals surface area contributed by atoms with Crippen LogP contribution in [0.1, 0.15) is 26.7 Å². The number of carbonyl (C=O) groups is 1. The lowest BCUT2D eigenvalue weighted by atomic mass is 10.1. The summed E-state index contributed by atoms with van der Waals surface area (Å²) in [4.78, 5) is 12.0. The highest BCUT2D eigenvalue weighted by molar-refractivity contribution is 7.91. The van der Waals surface area contributed by atoms with Gasteiger partial charge in [0, 0.05) is 0 Å². The molecule has 0 saturated carbocycles. The van der Waals surface area contributed by atoms with Crippen molar-refractivity contribution < 1.29 is 13.2 Å². The maximum atomic E-state index is 11.9. The van der Waals surface area contributed by atoms with Gasteiger partial charge in [0.25, 0.3) is 0 Å². The number of carbonyl (C=O) groups excluding carboxylic acids is 1. The van der Waals surface area contributed by atoms with Gasteiger partial charge in [0.2, 0.25) is 5.91 Å². The summed E-state index contributed by atoms with van der Waals surface area (Å²) in [5.41, 5.74) is 6.00. The van der Waals surface area contributed by atoms with Gasteiger partial charge in [-0.3, -0.25) is 4.79 Å². The van der Waals surface area contributed by atoms with Crippen molar-refractivity contribution in [1.29, 1.82) is 0 Å². The van der Waals surface area contributed by atoms with Crippen LogP contribution in [-0.2, 0) is 14.6 Å². The van der Waals surface area contributed by atoms with Crippen LogP contribution in [0.3, 0.4) is 0 Å². The summed E-state index contributed by atoms with van der Waals surface area (Å²) in [6.07, 6.45) is 1.36. The average molecular weight is 284 g/mol. The molecule has 0 aliphatic rings. The zero-order valence-electron chi connectivity index (χ0n) is 11.2. The quantitative estimate of drug-likeness (QED) is 0.829. The van der Waals surface area contributed by atoms with Crippen molar-refractivity contribution >= 4 is 21.4 Å². The molecule has 6 heteroatoms. The molecular weight excluding hydrogens is 264 g/mol. The van der Waals surface area contributed by atoms with E-state index in [-0.39, 0.29) is 16.6 Å². The molecule has 3 N–H and O–H groups in total. The fourth-order valence-corrected chi connectivity index (χ4v) is 2.72. The first kappa shape index (κ1) is 15.7. The number of rotatable bonds is 6. The smallest absolute Gasteiger partial charge is 0.241 e. The van der Waals surface area contributed by atoms with Crippen molar-refractivity contribution in [1.82, 2.24) is 0 Å². The molecule has 1 rings (SSSR count). The van der Waals surface area contributed by atoms with Gasteiger partial charge in [-0.05, 0) is 18.6 Å². The molecule has 1 aromatic rings. The van der Waals surface area contributed by atoms with Crippen LogP contribution < -0.4 is 11.1 Å².